The summed E-state index contributed by atoms with van der Waals surface area (Å²) in [6.45, 7) is 8.53. The summed E-state index contributed by atoms with van der Waals surface area (Å²) in [5, 5.41) is 8.80. The van der Waals surface area contributed by atoms with E-state index in [-0.39, 0.29) is 5.57 Å². The van der Waals surface area contributed by atoms with Gasteiger partial charge in [-0.1, -0.05) is 12.7 Å². The zero-order valence-electron chi connectivity index (χ0n) is 20.2. The molecule has 0 saturated carbocycles. The van der Waals surface area contributed by atoms with Crippen LogP contribution in [-0.4, -0.2) is 65.7 Å². The molecule has 0 aliphatic carbocycles. The van der Waals surface area contributed by atoms with Crippen LogP contribution in [0.3, 0.4) is 0 Å². The number of aromatic nitrogens is 3. The minimum atomic E-state index is -0.615. The lowest BCUT2D eigenvalue weighted by Crippen LogP contribution is -2.36. The van der Waals surface area contributed by atoms with Gasteiger partial charge in [-0.25, -0.2) is 20.4 Å². The molecule has 36 heavy (non-hydrogen) atoms. The molecular weight excluding hydrogens is 480 g/mol. The molecule has 188 valence electrons. The first-order valence-electron chi connectivity index (χ1n) is 11.5. The molecule has 2 N–H and O–H groups in total. The number of methoxy groups -OCH3 is 1. The fourth-order valence-electron chi connectivity index (χ4n) is 3.66. The molecule has 0 aromatic carbocycles. The number of rotatable bonds is 9. The van der Waals surface area contributed by atoms with Gasteiger partial charge in [-0.2, -0.15) is 0 Å². The second-order valence-electron chi connectivity index (χ2n) is 8.00. The maximum Gasteiger partial charge on any atom is 0.275 e. The largest absolute Gasteiger partial charge is 0.481 e. The van der Waals surface area contributed by atoms with E-state index >= 15 is 0 Å². The van der Waals surface area contributed by atoms with E-state index < -0.39 is 5.91 Å². The summed E-state index contributed by atoms with van der Waals surface area (Å²) >= 11 is 1.66. The van der Waals surface area contributed by atoms with Gasteiger partial charge in [0.1, 0.15) is 0 Å². The topological polar surface area (TPSA) is 122 Å². The average molecular weight is 509 g/mol. The summed E-state index contributed by atoms with van der Waals surface area (Å²) in [6.07, 6.45) is 6.01. The van der Waals surface area contributed by atoms with Crippen molar-refractivity contribution in [1.29, 1.82) is 0 Å². The number of anilines is 1. The molecule has 1 aliphatic rings. The number of morpholine rings is 1. The smallest absolute Gasteiger partial charge is 0.275 e. The summed E-state index contributed by atoms with van der Waals surface area (Å²) < 4.78 is 11.7. The maximum atomic E-state index is 11.6. The highest BCUT2D eigenvalue weighted by Crippen LogP contribution is 2.35. The van der Waals surface area contributed by atoms with Gasteiger partial charge in [-0.05, 0) is 31.9 Å². The van der Waals surface area contributed by atoms with Crippen LogP contribution in [0.2, 0.25) is 0 Å². The number of aryl methyl sites for hydroxylation is 1. The molecule has 0 bridgehead atoms. The van der Waals surface area contributed by atoms with Crippen molar-refractivity contribution in [3.63, 3.8) is 0 Å². The molecule has 10 nitrogen and oxygen atoms in total. The van der Waals surface area contributed by atoms with Crippen LogP contribution < -0.4 is 15.1 Å². The number of ether oxygens (including phenoxy) is 2. The Bertz CT molecular complexity index is 1300. The Morgan fingerprint density at radius 1 is 1.36 bits per heavy atom. The minimum absolute atomic E-state index is 0.256. The van der Waals surface area contributed by atoms with E-state index in [9.17, 15) is 4.79 Å². The number of hydrogen-bond donors (Lipinski definition) is 2. The molecule has 1 saturated heterocycles. The number of aliphatic imine (C=N–C) groups is 1. The number of carbonyl (C=O) groups excluding carboxylic acids is 1. The van der Waals surface area contributed by atoms with Crippen molar-refractivity contribution in [1.82, 2.24) is 20.4 Å². The van der Waals surface area contributed by atoms with Crippen molar-refractivity contribution < 1.29 is 19.5 Å². The second kappa shape index (κ2) is 11.8. The van der Waals surface area contributed by atoms with E-state index in [1.165, 1.54) is 6.21 Å². The molecule has 0 spiro atoms. The summed E-state index contributed by atoms with van der Waals surface area (Å²) in [6, 6.07) is 5.78. The molecule has 1 aliphatic heterocycles. The number of hydroxylamine groups is 1. The average Bonchev–Trinajstić information content (AvgIpc) is 3.35. The predicted octanol–water partition coefficient (Wildman–Crippen LogP) is 3.57. The molecular formula is C25H28N6O4S. The van der Waals surface area contributed by atoms with Gasteiger partial charge in [0.05, 0.1) is 36.1 Å². The highest BCUT2D eigenvalue weighted by molar-refractivity contribution is 7.19. The first kappa shape index (κ1) is 25.4. The molecule has 11 heteroatoms. The summed E-state index contributed by atoms with van der Waals surface area (Å²) in [4.78, 5) is 33.3. The number of fused-ring (bicyclic) bond motifs is 1. The van der Waals surface area contributed by atoms with Crippen LogP contribution in [0.1, 0.15) is 18.2 Å². The van der Waals surface area contributed by atoms with E-state index in [4.69, 9.17) is 24.6 Å². The highest BCUT2D eigenvalue weighted by atomic mass is 32.1. The number of amides is 1. The van der Waals surface area contributed by atoms with E-state index in [2.05, 4.69) is 27.5 Å². The number of nitrogens with one attached hydrogen (secondary N) is 1. The molecule has 0 atom stereocenters. The van der Waals surface area contributed by atoms with Crippen LogP contribution in [0, 0.1) is 0 Å². The second-order valence-corrected chi connectivity index (χ2v) is 9.13. The van der Waals surface area contributed by atoms with Crippen LogP contribution in [0.15, 0.2) is 53.3 Å². The highest BCUT2D eigenvalue weighted by Gasteiger charge is 2.20. The zero-order valence-corrected chi connectivity index (χ0v) is 21.0. The van der Waals surface area contributed by atoms with Gasteiger partial charge in [0.2, 0.25) is 5.88 Å². The lowest BCUT2D eigenvalue weighted by Gasteiger charge is -2.28. The quantitative estimate of drug-likeness (QED) is 0.195. The Balaban J connectivity index is 1.59. The lowest BCUT2D eigenvalue weighted by atomic mass is 10.2. The van der Waals surface area contributed by atoms with Crippen LogP contribution in [0.4, 0.5) is 5.82 Å². The Labute approximate surface area is 213 Å². The first-order chi connectivity index (χ1) is 17.5. The van der Waals surface area contributed by atoms with Crippen LogP contribution in [0.25, 0.3) is 21.6 Å². The Hall–Kier alpha value is -3.67. The fraction of sp³-hybridized carbons (Fsp3) is 0.320. The summed E-state index contributed by atoms with van der Waals surface area (Å²) in [5.41, 5.74) is 4.18. The van der Waals surface area contributed by atoms with Crippen molar-refractivity contribution in [3.05, 3.63) is 53.2 Å². The van der Waals surface area contributed by atoms with Crippen LogP contribution >= 0.6 is 11.3 Å². The van der Waals surface area contributed by atoms with Crippen molar-refractivity contribution in [2.45, 2.75) is 19.8 Å². The standard InChI is InChI=1S/C25H28N6O4S/c1-4-17(25(32)30-33)14-26-16(2)5-7-19-13-20-22(36-19)24(31-9-11-35-12-10-31)29-23(28-20)18-6-8-21(34-3)27-15-18/h4,6,8,13-15,33H,2,5,7,9-12H2,1,3H3,(H,30,32)/b17-4+,26-14?. The lowest BCUT2D eigenvalue weighted by molar-refractivity contribution is -0.124. The molecule has 0 radical (unpaired) electrons. The number of thiophene rings is 1. The van der Waals surface area contributed by atoms with Gasteiger partial charge in [0.15, 0.2) is 11.6 Å². The first-order valence-corrected chi connectivity index (χ1v) is 12.3. The molecule has 1 amide bonds. The fourth-order valence-corrected chi connectivity index (χ4v) is 4.77. The van der Waals surface area contributed by atoms with Crippen molar-refractivity contribution in [2.24, 2.45) is 4.99 Å². The van der Waals surface area contributed by atoms with Gasteiger partial charge in [-0.3, -0.25) is 15.0 Å². The third-order valence-corrected chi connectivity index (χ3v) is 6.82. The maximum absolute atomic E-state index is 11.6. The number of nitrogens with zero attached hydrogens (tertiary/aromatic N) is 5. The third-order valence-electron chi connectivity index (χ3n) is 5.64. The minimum Gasteiger partial charge on any atom is -0.481 e. The monoisotopic (exact) mass is 508 g/mol. The van der Waals surface area contributed by atoms with Gasteiger partial charge in [0.25, 0.3) is 5.91 Å². The number of allylic oxidation sites excluding steroid dienone is 2. The van der Waals surface area contributed by atoms with Crippen LogP contribution in [-0.2, 0) is 16.0 Å². The third kappa shape index (κ3) is 5.93. The molecule has 4 rings (SSSR count). The number of carbonyl (C=O) groups is 1. The van der Waals surface area contributed by atoms with Crippen molar-refractivity contribution >= 4 is 39.5 Å². The summed E-state index contributed by atoms with van der Waals surface area (Å²) in [5.74, 6) is 1.43. The van der Waals surface area contributed by atoms with E-state index in [0.717, 1.165) is 46.0 Å². The van der Waals surface area contributed by atoms with Gasteiger partial charge in [-0.15, -0.1) is 11.3 Å². The number of pyridine rings is 1. The molecule has 4 heterocycles. The Kier molecular flexibility index (Phi) is 8.36. The van der Waals surface area contributed by atoms with E-state index in [1.807, 2.05) is 6.07 Å². The molecule has 3 aromatic heterocycles. The molecule has 0 unspecified atom stereocenters. The van der Waals surface area contributed by atoms with E-state index in [0.29, 0.717) is 37.0 Å². The Morgan fingerprint density at radius 3 is 2.83 bits per heavy atom. The molecule has 1 fully saturated rings. The Morgan fingerprint density at radius 2 is 2.17 bits per heavy atom. The van der Waals surface area contributed by atoms with Gasteiger partial charge < -0.3 is 14.4 Å². The van der Waals surface area contributed by atoms with Gasteiger partial charge in [0, 0.05) is 47.7 Å². The zero-order chi connectivity index (χ0) is 25.5. The van der Waals surface area contributed by atoms with Crippen molar-refractivity contribution in [3.8, 4) is 17.3 Å². The number of hydrogen-bond acceptors (Lipinski definition) is 10. The summed E-state index contributed by atoms with van der Waals surface area (Å²) in [7, 11) is 1.58. The predicted molar refractivity (Wildman–Crippen MR) is 140 cm³/mol. The van der Waals surface area contributed by atoms with Gasteiger partial charge >= 0.3 is 0 Å². The van der Waals surface area contributed by atoms with E-state index in [1.54, 1.807) is 49.2 Å². The normalized spacial score (nSPS) is 14.4. The van der Waals surface area contributed by atoms with Crippen molar-refractivity contribution in [2.75, 3.05) is 38.3 Å². The molecule has 3 aromatic rings. The SMILES string of the molecule is C=C(CCc1cc2nc(-c3ccc(OC)nc3)nc(N3CCOCC3)c2s1)N=C/C(=C\C)C(=O)NO. The van der Waals surface area contributed by atoms with Crippen LogP contribution in [0.5, 0.6) is 5.88 Å².